The number of hydrogen-bond acceptors (Lipinski definition) is 0. The van der Waals surface area contributed by atoms with Crippen LogP contribution in [0.1, 0.15) is 39.2 Å². The summed E-state index contributed by atoms with van der Waals surface area (Å²) in [5.74, 6) is 0.568. The molecule has 2 rings (SSSR count). The van der Waals surface area contributed by atoms with Crippen molar-refractivity contribution < 1.29 is 0 Å². The predicted molar refractivity (Wildman–Crippen MR) is 71.8 cm³/mol. The minimum Gasteiger partial charge on any atom is -0.0616 e. The molecule has 16 heavy (non-hydrogen) atoms. The van der Waals surface area contributed by atoms with Gasteiger partial charge in [0.25, 0.3) is 0 Å². The Morgan fingerprint density at radius 1 is 0.875 bits per heavy atom. The highest BCUT2D eigenvalue weighted by molar-refractivity contribution is 5.86. The maximum absolute atomic E-state index is 2.32. The highest BCUT2D eigenvalue weighted by Gasteiger charge is 2.22. The zero-order valence-corrected chi connectivity index (χ0v) is 10.6. The van der Waals surface area contributed by atoms with Crippen molar-refractivity contribution in [1.82, 2.24) is 0 Å². The quantitative estimate of drug-likeness (QED) is 0.624. The smallest absolute Gasteiger partial charge is 0.0135 e. The molecule has 0 aliphatic heterocycles. The summed E-state index contributed by atoms with van der Waals surface area (Å²) in [4.78, 5) is 0. The number of hydrogen-bond donors (Lipinski definition) is 0. The maximum Gasteiger partial charge on any atom is -0.0135 e. The van der Waals surface area contributed by atoms with Crippen LogP contribution in [0.2, 0.25) is 0 Å². The minimum atomic E-state index is 0.310. The Bertz CT molecular complexity index is 483. The van der Waals surface area contributed by atoms with Crippen molar-refractivity contribution in [2.45, 2.75) is 33.6 Å². The van der Waals surface area contributed by atoms with Crippen molar-refractivity contribution in [2.24, 2.45) is 5.41 Å². The average Bonchev–Trinajstić information content (AvgIpc) is 2.26. The lowest BCUT2D eigenvalue weighted by molar-refractivity contribution is 0.341. The van der Waals surface area contributed by atoms with E-state index in [9.17, 15) is 0 Å². The minimum absolute atomic E-state index is 0.310. The van der Waals surface area contributed by atoms with Crippen LogP contribution in [0.25, 0.3) is 10.8 Å². The number of rotatable bonds is 1. The van der Waals surface area contributed by atoms with E-state index in [0.717, 1.165) is 0 Å². The standard InChI is InChI=1S/C16H20/c1-12(16(2,3)4)14-11-7-9-13-8-5-6-10-15(13)14/h5-12H,1-4H3. The Kier molecular flexibility index (Phi) is 2.75. The van der Waals surface area contributed by atoms with Gasteiger partial charge in [-0.05, 0) is 27.7 Å². The third-order valence-corrected chi connectivity index (χ3v) is 3.59. The summed E-state index contributed by atoms with van der Waals surface area (Å²) in [6.07, 6.45) is 0. The Morgan fingerprint density at radius 2 is 1.50 bits per heavy atom. The monoisotopic (exact) mass is 212 g/mol. The van der Waals surface area contributed by atoms with Gasteiger partial charge in [0.1, 0.15) is 0 Å². The van der Waals surface area contributed by atoms with E-state index in [-0.39, 0.29) is 0 Å². The second-order valence-electron chi connectivity index (χ2n) is 5.66. The summed E-state index contributed by atoms with van der Waals surface area (Å²) in [6, 6.07) is 15.3. The fraction of sp³-hybridized carbons (Fsp3) is 0.375. The number of benzene rings is 2. The molecule has 0 heteroatoms. The molecule has 0 amide bonds. The Balaban J connectivity index is 2.61. The molecule has 0 aliphatic carbocycles. The van der Waals surface area contributed by atoms with Gasteiger partial charge in [-0.3, -0.25) is 0 Å². The van der Waals surface area contributed by atoms with Crippen molar-refractivity contribution in [3.8, 4) is 0 Å². The van der Waals surface area contributed by atoms with E-state index in [1.54, 1.807) is 0 Å². The zero-order chi connectivity index (χ0) is 11.8. The summed E-state index contributed by atoms with van der Waals surface area (Å²) in [5, 5.41) is 2.74. The van der Waals surface area contributed by atoms with E-state index in [1.165, 1.54) is 16.3 Å². The van der Waals surface area contributed by atoms with E-state index in [0.29, 0.717) is 11.3 Å². The SMILES string of the molecule is CC(c1cccc2ccccc12)C(C)(C)C. The second kappa shape index (κ2) is 3.93. The molecule has 0 nitrogen and oxygen atoms in total. The maximum atomic E-state index is 2.32. The van der Waals surface area contributed by atoms with Crippen molar-refractivity contribution in [3.05, 3.63) is 48.0 Å². The molecule has 0 heterocycles. The van der Waals surface area contributed by atoms with Crippen molar-refractivity contribution in [1.29, 1.82) is 0 Å². The number of fused-ring (bicyclic) bond motifs is 1. The van der Waals surface area contributed by atoms with Crippen LogP contribution in [0.15, 0.2) is 42.5 Å². The van der Waals surface area contributed by atoms with Gasteiger partial charge in [0.2, 0.25) is 0 Å². The first-order valence-electron chi connectivity index (χ1n) is 5.98. The summed E-state index contributed by atoms with van der Waals surface area (Å²) >= 11 is 0. The third-order valence-electron chi connectivity index (χ3n) is 3.59. The molecule has 0 fully saturated rings. The van der Waals surface area contributed by atoms with E-state index in [1.807, 2.05) is 0 Å². The molecule has 0 N–H and O–H groups in total. The molecular weight excluding hydrogens is 192 g/mol. The van der Waals surface area contributed by atoms with Gasteiger partial charge < -0.3 is 0 Å². The third kappa shape index (κ3) is 1.97. The molecular formula is C16H20. The van der Waals surface area contributed by atoms with Crippen LogP contribution in [0.3, 0.4) is 0 Å². The lowest BCUT2D eigenvalue weighted by Crippen LogP contribution is -2.15. The highest BCUT2D eigenvalue weighted by Crippen LogP contribution is 2.37. The molecule has 2 aromatic rings. The van der Waals surface area contributed by atoms with Crippen LogP contribution in [-0.2, 0) is 0 Å². The fourth-order valence-corrected chi connectivity index (χ4v) is 2.09. The molecule has 0 spiro atoms. The van der Waals surface area contributed by atoms with Gasteiger partial charge in [0, 0.05) is 0 Å². The van der Waals surface area contributed by atoms with E-state index in [4.69, 9.17) is 0 Å². The first kappa shape index (κ1) is 11.2. The summed E-state index contributed by atoms with van der Waals surface area (Å²) < 4.78 is 0. The molecule has 1 atom stereocenters. The van der Waals surface area contributed by atoms with E-state index in [2.05, 4.69) is 70.2 Å². The summed E-state index contributed by atoms with van der Waals surface area (Å²) in [5.41, 5.74) is 1.77. The topological polar surface area (TPSA) is 0 Å². The lowest BCUT2D eigenvalue weighted by atomic mass is 9.76. The van der Waals surface area contributed by atoms with Crippen LogP contribution in [0, 0.1) is 5.41 Å². The summed E-state index contributed by atoms with van der Waals surface area (Å²) in [7, 11) is 0. The fourth-order valence-electron chi connectivity index (χ4n) is 2.09. The van der Waals surface area contributed by atoms with Crippen LogP contribution in [0.5, 0.6) is 0 Å². The van der Waals surface area contributed by atoms with E-state index >= 15 is 0 Å². The van der Waals surface area contributed by atoms with Gasteiger partial charge >= 0.3 is 0 Å². The Hall–Kier alpha value is -1.30. The van der Waals surface area contributed by atoms with Crippen LogP contribution in [0.4, 0.5) is 0 Å². The largest absolute Gasteiger partial charge is 0.0616 e. The predicted octanol–water partition coefficient (Wildman–Crippen LogP) is 4.99. The van der Waals surface area contributed by atoms with E-state index < -0.39 is 0 Å². The Morgan fingerprint density at radius 3 is 2.19 bits per heavy atom. The molecule has 1 unspecified atom stereocenters. The van der Waals surface area contributed by atoms with Crippen molar-refractivity contribution in [2.75, 3.05) is 0 Å². The van der Waals surface area contributed by atoms with Gasteiger partial charge in [0.05, 0.1) is 0 Å². The molecule has 0 bridgehead atoms. The normalized spacial score (nSPS) is 14.0. The van der Waals surface area contributed by atoms with Crippen LogP contribution < -0.4 is 0 Å². The molecule has 84 valence electrons. The molecule has 0 saturated heterocycles. The van der Waals surface area contributed by atoms with Crippen molar-refractivity contribution in [3.63, 3.8) is 0 Å². The van der Waals surface area contributed by atoms with Gasteiger partial charge in [-0.15, -0.1) is 0 Å². The molecule has 0 aliphatic rings. The Labute approximate surface area is 98.3 Å². The van der Waals surface area contributed by atoms with Gasteiger partial charge in [-0.1, -0.05) is 70.2 Å². The van der Waals surface area contributed by atoms with Gasteiger partial charge in [-0.2, -0.15) is 0 Å². The van der Waals surface area contributed by atoms with Crippen molar-refractivity contribution >= 4 is 10.8 Å². The molecule has 0 radical (unpaired) electrons. The van der Waals surface area contributed by atoms with Gasteiger partial charge in [0.15, 0.2) is 0 Å². The molecule has 0 saturated carbocycles. The molecule has 0 aromatic heterocycles. The van der Waals surface area contributed by atoms with Gasteiger partial charge in [-0.25, -0.2) is 0 Å². The lowest BCUT2D eigenvalue weighted by Gasteiger charge is -2.28. The first-order valence-corrected chi connectivity index (χ1v) is 5.98. The second-order valence-corrected chi connectivity index (χ2v) is 5.66. The summed E-state index contributed by atoms with van der Waals surface area (Å²) in [6.45, 7) is 9.24. The average molecular weight is 212 g/mol. The highest BCUT2D eigenvalue weighted by atomic mass is 14.3. The zero-order valence-electron chi connectivity index (χ0n) is 10.6. The first-order chi connectivity index (χ1) is 7.50. The van der Waals surface area contributed by atoms with Crippen LogP contribution >= 0.6 is 0 Å². The van der Waals surface area contributed by atoms with Crippen LogP contribution in [-0.4, -0.2) is 0 Å². The molecule has 2 aromatic carbocycles.